The van der Waals surface area contributed by atoms with Crippen LogP contribution in [0.1, 0.15) is 31.7 Å². The largest absolute Gasteiger partial charge is 0.378 e. The van der Waals surface area contributed by atoms with E-state index in [0.29, 0.717) is 16.6 Å². The molecule has 1 saturated carbocycles. The molecule has 0 saturated heterocycles. The number of benzene rings is 1. The smallest absolute Gasteiger partial charge is 0.137 e. The van der Waals surface area contributed by atoms with Crippen molar-refractivity contribution in [1.82, 2.24) is 5.32 Å². The van der Waals surface area contributed by atoms with Gasteiger partial charge in [0.2, 0.25) is 0 Å². The molecule has 1 N–H and O–H groups in total. The predicted octanol–water partition coefficient (Wildman–Crippen LogP) is 3.92. The average molecular weight is 344 g/mol. The fraction of sp³-hybridized carbons (Fsp3) is 0.625. The molecule has 4 heteroatoms. The predicted molar refractivity (Wildman–Crippen MR) is 83.4 cm³/mol. The van der Waals surface area contributed by atoms with Crippen LogP contribution in [0.2, 0.25) is 0 Å². The molecule has 1 aromatic rings. The van der Waals surface area contributed by atoms with Crippen molar-refractivity contribution < 1.29 is 9.13 Å². The fourth-order valence-corrected chi connectivity index (χ4v) is 3.34. The van der Waals surface area contributed by atoms with E-state index in [1.165, 1.54) is 6.07 Å². The topological polar surface area (TPSA) is 21.3 Å². The Hall–Kier alpha value is -0.450. The summed E-state index contributed by atoms with van der Waals surface area (Å²) in [5, 5.41) is 3.36. The monoisotopic (exact) mass is 343 g/mol. The SMILES string of the molecule is CCOC1CC(CC(Cc2cccc(F)c2Br)NC)C1. The standard InChI is InChI=1S/C16H23BrFNO/c1-3-20-14-8-11(9-14)7-13(19-2)10-12-5-4-6-15(18)16(12)17/h4-6,11,13-14,19H,3,7-10H2,1-2H3. The summed E-state index contributed by atoms with van der Waals surface area (Å²) in [6.45, 7) is 2.86. The van der Waals surface area contributed by atoms with Crippen molar-refractivity contribution in [2.75, 3.05) is 13.7 Å². The molecule has 0 amide bonds. The summed E-state index contributed by atoms with van der Waals surface area (Å²) in [7, 11) is 1.98. The number of hydrogen-bond acceptors (Lipinski definition) is 2. The zero-order valence-corrected chi connectivity index (χ0v) is 13.7. The Bertz CT molecular complexity index is 434. The van der Waals surface area contributed by atoms with Crippen molar-refractivity contribution in [2.24, 2.45) is 5.92 Å². The molecular weight excluding hydrogens is 321 g/mol. The summed E-state index contributed by atoms with van der Waals surface area (Å²) in [6, 6.07) is 5.64. The molecule has 1 aliphatic carbocycles. The van der Waals surface area contributed by atoms with E-state index in [1.54, 1.807) is 6.07 Å². The van der Waals surface area contributed by atoms with Gasteiger partial charge in [0.05, 0.1) is 10.6 Å². The average Bonchev–Trinajstić information content (AvgIpc) is 2.40. The lowest BCUT2D eigenvalue weighted by molar-refractivity contribution is -0.0288. The van der Waals surface area contributed by atoms with E-state index in [4.69, 9.17) is 4.74 Å². The van der Waals surface area contributed by atoms with Crippen molar-refractivity contribution >= 4 is 15.9 Å². The first-order valence-electron chi connectivity index (χ1n) is 7.35. The van der Waals surface area contributed by atoms with Gasteiger partial charge in [0.15, 0.2) is 0 Å². The molecule has 1 atom stereocenters. The highest BCUT2D eigenvalue weighted by molar-refractivity contribution is 9.10. The van der Waals surface area contributed by atoms with E-state index in [9.17, 15) is 4.39 Å². The minimum atomic E-state index is -0.183. The van der Waals surface area contributed by atoms with Crippen molar-refractivity contribution in [3.63, 3.8) is 0 Å². The lowest BCUT2D eigenvalue weighted by Crippen LogP contribution is -2.38. The molecule has 0 spiro atoms. The molecule has 1 aromatic carbocycles. The lowest BCUT2D eigenvalue weighted by atomic mass is 9.77. The molecule has 0 bridgehead atoms. The number of rotatable bonds is 7. The maximum Gasteiger partial charge on any atom is 0.137 e. The molecule has 2 nitrogen and oxygen atoms in total. The first-order valence-corrected chi connectivity index (χ1v) is 8.15. The molecule has 1 fully saturated rings. The third-order valence-corrected chi connectivity index (χ3v) is 5.01. The van der Waals surface area contributed by atoms with Crippen molar-refractivity contribution in [3.05, 3.63) is 34.1 Å². The Labute approximate surface area is 129 Å². The third kappa shape index (κ3) is 4.03. The van der Waals surface area contributed by atoms with Gasteiger partial charge in [-0.25, -0.2) is 4.39 Å². The maximum absolute atomic E-state index is 13.5. The first-order chi connectivity index (χ1) is 9.63. The van der Waals surface area contributed by atoms with Crippen LogP contribution in [0, 0.1) is 11.7 Å². The van der Waals surface area contributed by atoms with Crippen molar-refractivity contribution in [2.45, 2.75) is 44.8 Å². The summed E-state index contributed by atoms with van der Waals surface area (Å²) in [5.74, 6) is 0.550. The van der Waals surface area contributed by atoms with Crippen LogP contribution in [-0.4, -0.2) is 25.8 Å². The zero-order chi connectivity index (χ0) is 14.5. The van der Waals surface area contributed by atoms with Crippen LogP contribution in [0.15, 0.2) is 22.7 Å². The van der Waals surface area contributed by atoms with Gasteiger partial charge in [-0.1, -0.05) is 12.1 Å². The van der Waals surface area contributed by atoms with Gasteiger partial charge in [-0.2, -0.15) is 0 Å². The first kappa shape index (κ1) is 15.9. The van der Waals surface area contributed by atoms with Gasteiger partial charge in [0.1, 0.15) is 5.82 Å². The van der Waals surface area contributed by atoms with Gasteiger partial charge in [-0.15, -0.1) is 0 Å². The molecule has 1 unspecified atom stereocenters. The number of nitrogens with one attached hydrogen (secondary N) is 1. The maximum atomic E-state index is 13.5. The van der Waals surface area contributed by atoms with Crippen LogP contribution in [0.5, 0.6) is 0 Å². The molecule has 0 heterocycles. The normalized spacial score (nSPS) is 23.4. The molecule has 0 aliphatic heterocycles. The Morgan fingerprint density at radius 2 is 2.20 bits per heavy atom. The van der Waals surface area contributed by atoms with Crippen LogP contribution >= 0.6 is 15.9 Å². The van der Waals surface area contributed by atoms with Crippen LogP contribution in [0.4, 0.5) is 4.39 Å². The zero-order valence-electron chi connectivity index (χ0n) is 12.2. The highest BCUT2D eigenvalue weighted by Gasteiger charge is 2.31. The molecule has 20 heavy (non-hydrogen) atoms. The van der Waals surface area contributed by atoms with E-state index in [-0.39, 0.29) is 5.82 Å². The second-order valence-electron chi connectivity index (χ2n) is 5.55. The summed E-state index contributed by atoms with van der Waals surface area (Å²) < 4.78 is 19.7. The summed E-state index contributed by atoms with van der Waals surface area (Å²) in [5.41, 5.74) is 1.03. The Morgan fingerprint density at radius 3 is 2.85 bits per heavy atom. The summed E-state index contributed by atoms with van der Waals surface area (Å²) in [4.78, 5) is 0. The Balaban J connectivity index is 1.85. The fourth-order valence-electron chi connectivity index (χ4n) is 2.92. The van der Waals surface area contributed by atoms with E-state index in [1.807, 2.05) is 20.0 Å². The second-order valence-corrected chi connectivity index (χ2v) is 6.35. The van der Waals surface area contributed by atoms with Crippen LogP contribution < -0.4 is 5.32 Å². The third-order valence-electron chi connectivity index (χ3n) is 4.12. The highest BCUT2D eigenvalue weighted by Crippen LogP contribution is 2.34. The highest BCUT2D eigenvalue weighted by atomic mass is 79.9. The van der Waals surface area contributed by atoms with Crippen LogP contribution in [-0.2, 0) is 11.2 Å². The lowest BCUT2D eigenvalue weighted by Gasteiger charge is -2.37. The van der Waals surface area contributed by atoms with Gasteiger partial charge in [0, 0.05) is 12.6 Å². The van der Waals surface area contributed by atoms with Crippen molar-refractivity contribution in [3.8, 4) is 0 Å². The molecule has 0 radical (unpaired) electrons. The van der Waals surface area contributed by atoms with Gasteiger partial charge >= 0.3 is 0 Å². The molecule has 2 rings (SSSR count). The Kier molecular flexibility index (Phi) is 6.00. The van der Waals surface area contributed by atoms with Gasteiger partial charge in [-0.05, 0) is 73.1 Å². The number of ether oxygens (including phenoxy) is 1. The minimum absolute atomic E-state index is 0.183. The molecular formula is C16H23BrFNO. The quantitative estimate of drug-likeness (QED) is 0.809. The Morgan fingerprint density at radius 1 is 1.45 bits per heavy atom. The molecule has 1 aliphatic rings. The summed E-state index contributed by atoms with van der Waals surface area (Å²) in [6.07, 6.45) is 4.77. The van der Waals surface area contributed by atoms with Crippen LogP contribution in [0.3, 0.4) is 0 Å². The second kappa shape index (κ2) is 7.53. The van der Waals surface area contributed by atoms with Gasteiger partial charge in [-0.3, -0.25) is 0 Å². The molecule has 0 aromatic heterocycles. The van der Waals surface area contributed by atoms with Gasteiger partial charge in [0.25, 0.3) is 0 Å². The van der Waals surface area contributed by atoms with Crippen LogP contribution in [0.25, 0.3) is 0 Å². The number of likely N-dealkylation sites (N-methyl/N-ethyl adjacent to an activating group) is 1. The molecule has 112 valence electrons. The number of halogens is 2. The summed E-state index contributed by atoms with van der Waals surface area (Å²) >= 11 is 3.34. The van der Waals surface area contributed by atoms with E-state index >= 15 is 0 Å². The minimum Gasteiger partial charge on any atom is -0.378 e. The van der Waals surface area contributed by atoms with Crippen molar-refractivity contribution in [1.29, 1.82) is 0 Å². The van der Waals surface area contributed by atoms with E-state index in [0.717, 1.165) is 43.8 Å². The van der Waals surface area contributed by atoms with E-state index in [2.05, 4.69) is 21.2 Å². The van der Waals surface area contributed by atoms with E-state index < -0.39 is 0 Å². The van der Waals surface area contributed by atoms with Gasteiger partial charge < -0.3 is 10.1 Å². The number of hydrogen-bond donors (Lipinski definition) is 1.